The second-order valence-corrected chi connectivity index (χ2v) is 5.43. The minimum absolute atomic E-state index is 0.332. The minimum Gasteiger partial charge on any atom is -0.508 e. The SMILES string of the molecule is CN(Cc1ccc(O)cc1)C1CCCCC1CN. The average Bonchev–Trinajstić information content (AvgIpc) is 2.41. The topological polar surface area (TPSA) is 49.5 Å². The van der Waals surface area contributed by atoms with Crippen LogP contribution in [0.2, 0.25) is 0 Å². The molecule has 1 aromatic carbocycles. The predicted molar refractivity (Wildman–Crippen MR) is 74.4 cm³/mol. The Morgan fingerprint density at radius 1 is 1.22 bits per heavy atom. The molecule has 3 heteroatoms. The molecule has 0 heterocycles. The molecule has 0 radical (unpaired) electrons. The van der Waals surface area contributed by atoms with E-state index in [1.54, 1.807) is 12.1 Å². The first-order chi connectivity index (χ1) is 8.70. The summed E-state index contributed by atoms with van der Waals surface area (Å²) in [5.74, 6) is 0.972. The molecule has 0 aliphatic heterocycles. The highest BCUT2D eigenvalue weighted by Gasteiger charge is 2.27. The molecule has 100 valence electrons. The molecule has 0 bridgehead atoms. The van der Waals surface area contributed by atoms with Crippen LogP contribution in [0.5, 0.6) is 5.75 Å². The molecule has 2 unspecified atom stereocenters. The van der Waals surface area contributed by atoms with E-state index >= 15 is 0 Å². The molecule has 1 saturated carbocycles. The smallest absolute Gasteiger partial charge is 0.115 e. The Morgan fingerprint density at radius 2 is 1.89 bits per heavy atom. The van der Waals surface area contributed by atoms with Crippen LogP contribution in [0.25, 0.3) is 0 Å². The highest BCUT2D eigenvalue weighted by Crippen LogP contribution is 2.28. The van der Waals surface area contributed by atoms with E-state index in [4.69, 9.17) is 5.73 Å². The number of hydrogen-bond acceptors (Lipinski definition) is 3. The summed E-state index contributed by atoms with van der Waals surface area (Å²) < 4.78 is 0. The molecule has 0 amide bonds. The Bertz CT molecular complexity index is 363. The zero-order valence-corrected chi connectivity index (χ0v) is 11.2. The molecule has 3 N–H and O–H groups in total. The van der Waals surface area contributed by atoms with Crippen molar-refractivity contribution in [2.24, 2.45) is 11.7 Å². The van der Waals surface area contributed by atoms with Crippen LogP contribution < -0.4 is 5.73 Å². The Morgan fingerprint density at radius 3 is 2.56 bits per heavy atom. The predicted octanol–water partition coefficient (Wildman–Crippen LogP) is 2.34. The number of phenolic OH excluding ortho intramolecular Hbond substituents is 1. The first kappa shape index (κ1) is 13.4. The molecule has 3 nitrogen and oxygen atoms in total. The van der Waals surface area contributed by atoms with Gasteiger partial charge in [0.15, 0.2) is 0 Å². The number of aromatic hydroxyl groups is 1. The van der Waals surface area contributed by atoms with E-state index < -0.39 is 0 Å². The number of nitrogens with two attached hydrogens (primary N) is 1. The summed E-state index contributed by atoms with van der Waals surface area (Å²) >= 11 is 0. The van der Waals surface area contributed by atoms with Gasteiger partial charge in [0.2, 0.25) is 0 Å². The van der Waals surface area contributed by atoms with E-state index in [1.807, 2.05) is 12.1 Å². The van der Waals surface area contributed by atoms with E-state index in [0.717, 1.165) is 13.1 Å². The van der Waals surface area contributed by atoms with Gasteiger partial charge in [-0.15, -0.1) is 0 Å². The molecule has 1 aliphatic carbocycles. The first-order valence-electron chi connectivity index (χ1n) is 6.89. The molecular formula is C15H24N2O. The van der Waals surface area contributed by atoms with Crippen molar-refractivity contribution < 1.29 is 5.11 Å². The summed E-state index contributed by atoms with van der Waals surface area (Å²) in [6, 6.07) is 8.10. The first-order valence-corrected chi connectivity index (χ1v) is 6.89. The van der Waals surface area contributed by atoms with Gasteiger partial charge < -0.3 is 10.8 Å². The Balaban J connectivity index is 1.97. The maximum Gasteiger partial charge on any atom is 0.115 e. The number of phenols is 1. The zero-order valence-electron chi connectivity index (χ0n) is 11.2. The van der Waals surface area contributed by atoms with Gasteiger partial charge in [0, 0.05) is 12.6 Å². The third-order valence-electron chi connectivity index (χ3n) is 4.11. The summed E-state index contributed by atoms with van der Waals surface area (Å²) in [6.07, 6.45) is 5.17. The molecule has 0 aromatic heterocycles. The van der Waals surface area contributed by atoms with Crippen molar-refractivity contribution in [3.8, 4) is 5.75 Å². The fourth-order valence-corrected chi connectivity index (χ4v) is 3.05. The quantitative estimate of drug-likeness (QED) is 0.860. The molecule has 18 heavy (non-hydrogen) atoms. The molecule has 0 spiro atoms. The van der Waals surface area contributed by atoms with Crippen molar-refractivity contribution in [1.29, 1.82) is 0 Å². The molecule has 1 aromatic rings. The lowest BCUT2D eigenvalue weighted by Gasteiger charge is -2.37. The van der Waals surface area contributed by atoms with Crippen molar-refractivity contribution in [3.05, 3.63) is 29.8 Å². The standard InChI is InChI=1S/C15H24N2O/c1-17(11-12-6-8-14(18)9-7-12)15-5-3-2-4-13(15)10-16/h6-9,13,15,18H,2-5,10-11,16H2,1H3. The normalized spacial score (nSPS) is 24.4. The van der Waals surface area contributed by atoms with Gasteiger partial charge in [0.05, 0.1) is 0 Å². The third kappa shape index (κ3) is 3.24. The van der Waals surface area contributed by atoms with Crippen molar-refractivity contribution in [3.63, 3.8) is 0 Å². The molecule has 1 aliphatic rings. The fraction of sp³-hybridized carbons (Fsp3) is 0.600. The van der Waals surface area contributed by atoms with Crippen LogP contribution in [0.3, 0.4) is 0 Å². The zero-order chi connectivity index (χ0) is 13.0. The lowest BCUT2D eigenvalue weighted by Crippen LogP contribution is -2.42. The Labute approximate surface area is 110 Å². The number of benzene rings is 1. The van der Waals surface area contributed by atoms with Crippen LogP contribution in [-0.2, 0) is 6.54 Å². The molecule has 2 rings (SSSR count). The highest BCUT2D eigenvalue weighted by atomic mass is 16.3. The Hall–Kier alpha value is -1.06. The average molecular weight is 248 g/mol. The van der Waals surface area contributed by atoms with E-state index in [0.29, 0.717) is 17.7 Å². The summed E-state index contributed by atoms with van der Waals surface area (Å²) in [7, 11) is 2.19. The lowest BCUT2D eigenvalue weighted by atomic mass is 9.83. The van der Waals surface area contributed by atoms with E-state index in [2.05, 4.69) is 11.9 Å². The number of nitrogens with zero attached hydrogens (tertiary/aromatic N) is 1. The van der Waals surface area contributed by atoms with Crippen LogP contribution in [0.15, 0.2) is 24.3 Å². The summed E-state index contributed by atoms with van der Waals surface area (Å²) in [4.78, 5) is 2.42. The van der Waals surface area contributed by atoms with Crippen molar-refractivity contribution >= 4 is 0 Å². The maximum absolute atomic E-state index is 9.29. The van der Waals surface area contributed by atoms with Gasteiger partial charge >= 0.3 is 0 Å². The van der Waals surface area contributed by atoms with Crippen LogP contribution >= 0.6 is 0 Å². The van der Waals surface area contributed by atoms with Gasteiger partial charge in [-0.1, -0.05) is 25.0 Å². The summed E-state index contributed by atoms with van der Waals surface area (Å²) in [5, 5.41) is 9.29. The summed E-state index contributed by atoms with van der Waals surface area (Å²) in [5.41, 5.74) is 7.13. The Kier molecular flexibility index (Phi) is 4.61. The van der Waals surface area contributed by atoms with Crippen LogP contribution in [0.1, 0.15) is 31.2 Å². The minimum atomic E-state index is 0.332. The maximum atomic E-state index is 9.29. The highest BCUT2D eigenvalue weighted by molar-refractivity contribution is 5.25. The van der Waals surface area contributed by atoms with Crippen molar-refractivity contribution in [2.75, 3.05) is 13.6 Å². The second kappa shape index (κ2) is 6.21. The van der Waals surface area contributed by atoms with Gasteiger partial charge in [-0.05, 0) is 50.0 Å². The van der Waals surface area contributed by atoms with Crippen LogP contribution in [0, 0.1) is 5.92 Å². The van der Waals surface area contributed by atoms with Gasteiger partial charge in [-0.25, -0.2) is 0 Å². The van der Waals surface area contributed by atoms with Gasteiger partial charge in [-0.2, -0.15) is 0 Å². The lowest BCUT2D eigenvalue weighted by molar-refractivity contribution is 0.127. The van der Waals surface area contributed by atoms with E-state index in [-0.39, 0.29) is 0 Å². The molecule has 0 saturated heterocycles. The van der Waals surface area contributed by atoms with Crippen LogP contribution in [0.4, 0.5) is 0 Å². The van der Waals surface area contributed by atoms with Crippen LogP contribution in [-0.4, -0.2) is 29.6 Å². The van der Waals surface area contributed by atoms with E-state index in [9.17, 15) is 5.11 Å². The van der Waals surface area contributed by atoms with Gasteiger partial charge in [-0.3, -0.25) is 4.90 Å². The summed E-state index contributed by atoms with van der Waals surface area (Å²) in [6.45, 7) is 1.73. The fourth-order valence-electron chi connectivity index (χ4n) is 3.05. The van der Waals surface area contributed by atoms with Gasteiger partial charge in [0.1, 0.15) is 5.75 Å². The molecular weight excluding hydrogens is 224 g/mol. The monoisotopic (exact) mass is 248 g/mol. The van der Waals surface area contributed by atoms with E-state index in [1.165, 1.54) is 31.2 Å². The number of hydrogen-bond donors (Lipinski definition) is 2. The third-order valence-corrected chi connectivity index (χ3v) is 4.11. The molecule has 1 fully saturated rings. The molecule has 2 atom stereocenters. The number of rotatable bonds is 4. The largest absolute Gasteiger partial charge is 0.508 e. The second-order valence-electron chi connectivity index (χ2n) is 5.43. The van der Waals surface area contributed by atoms with Gasteiger partial charge in [0.25, 0.3) is 0 Å². The van der Waals surface area contributed by atoms with Crippen molar-refractivity contribution in [1.82, 2.24) is 4.90 Å². The van der Waals surface area contributed by atoms with Crippen molar-refractivity contribution in [2.45, 2.75) is 38.3 Å².